The molecule has 0 aliphatic carbocycles. The number of anilines is 2. The van der Waals surface area contributed by atoms with Crippen molar-refractivity contribution in [2.24, 2.45) is 4.47 Å². The van der Waals surface area contributed by atoms with E-state index in [9.17, 15) is 0 Å². The van der Waals surface area contributed by atoms with Gasteiger partial charge in [-0.15, -0.1) is 4.47 Å². The van der Waals surface area contributed by atoms with E-state index in [1.54, 1.807) is 12.3 Å². The topological polar surface area (TPSA) is 110 Å². The highest BCUT2D eigenvalue weighted by Gasteiger charge is 2.20. The van der Waals surface area contributed by atoms with Gasteiger partial charge in [0.15, 0.2) is 0 Å². The summed E-state index contributed by atoms with van der Waals surface area (Å²) in [7, 11) is 0. The van der Waals surface area contributed by atoms with Crippen LogP contribution in [0, 0.1) is 0 Å². The molecular formula is C22H31ClN8OS. The highest BCUT2D eigenvalue weighted by molar-refractivity contribution is 7.47. The van der Waals surface area contributed by atoms with Gasteiger partial charge in [-0.1, -0.05) is 41.9 Å². The first-order chi connectivity index (χ1) is 16.2. The van der Waals surface area contributed by atoms with Crippen LogP contribution in [0.2, 0.25) is 5.15 Å². The Bertz CT molecular complexity index is 893. The Hall–Kier alpha value is -2.53. The SMILES string of the molecule is OCCCN/C=C(/CNc1nc(Cl)cc(NC2CCN(Cc3ccccc3)CC2)n1)NN=S. The molecule has 1 saturated heterocycles. The summed E-state index contributed by atoms with van der Waals surface area (Å²) < 4.78 is 3.54. The minimum atomic E-state index is 0.130. The molecule has 1 aromatic carbocycles. The zero-order valence-corrected chi connectivity index (χ0v) is 20.1. The second-order valence-electron chi connectivity index (χ2n) is 7.84. The van der Waals surface area contributed by atoms with Crippen molar-refractivity contribution < 1.29 is 5.11 Å². The number of nitrogens with one attached hydrogen (secondary N) is 4. The van der Waals surface area contributed by atoms with Crippen LogP contribution in [-0.4, -0.2) is 58.8 Å². The van der Waals surface area contributed by atoms with Gasteiger partial charge >= 0.3 is 0 Å². The van der Waals surface area contributed by atoms with E-state index >= 15 is 0 Å². The molecule has 9 nitrogen and oxygen atoms in total. The fourth-order valence-electron chi connectivity index (χ4n) is 3.59. The largest absolute Gasteiger partial charge is 0.396 e. The first-order valence-electron chi connectivity index (χ1n) is 11.1. The van der Waals surface area contributed by atoms with Gasteiger partial charge in [0.2, 0.25) is 5.95 Å². The van der Waals surface area contributed by atoms with Crippen LogP contribution < -0.4 is 21.4 Å². The van der Waals surface area contributed by atoms with Crippen molar-refractivity contribution in [3.8, 4) is 0 Å². The molecule has 178 valence electrons. The van der Waals surface area contributed by atoms with Crippen LogP contribution in [0.1, 0.15) is 24.8 Å². The molecule has 0 unspecified atom stereocenters. The van der Waals surface area contributed by atoms with Gasteiger partial charge in [-0.2, -0.15) is 4.98 Å². The van der Waals surface area contributed by atoms with E-state index < -0.39 is 0 Å². The van der Waals surface area contributed by atoms with E-state index in [4.69, 9.17) is 16.7 Å². The summed E-state index contributed by atoms with van der Waals surface area (Å²) in [5, 5.41) is 19.0. The van der Waals surface area contributed by atoms with Crippen LogP contribution in [0.4, 0.5) is 11.8 Å². The molecule has 1 fully saturated rings. The van der Waals surface area contributed by atoms with Crippen LogP contribution in [0.25, 0.3) is 0 Å². The third-order valence-corrected chi connectivity index (χ3v) is 5.55. The number of nitrogens with zero attached hydrogens (tertiary/aromatic N) is 4. The van der Waals surface area contributed by atoms with E-state index in [-0.39, 0.29) is 6.61 Å². The number of halogens is 1. The van der Waals surface area contributed by atoms with Crippen molar-refractivity contribution in [1.29, 1.82) is 0 Å². The van der Waals surface area contributed by atoms with Crippen molar-refractivity contribution >= 4 is 35.8 Å². The van der Waals surface area contributed by atoms with E-state index in [2.05, 4.69) is 77.4 Å². The van der Waals surface area contributed by atoms with Crippen LogP contribution in [0.5, 0.6) is 0 Å². The fraction of sp³-hybridized carbons (Fsp3) is 0.455. The second-order valence-corrected chi connectivity index (χ2v) is 8.41. The summed E-state index contributed by atoms with van der Waals surface area (Å²) in [5.41, 5.74) is 4.81. The third-order valence-electron chi connectivity index (χ3n) is 5.27. The van der Waals surface area contributed by atoms with E-state index in [0.717, 1.165) is 32.5 Å². The summed E-state index contributed by atoms with van der Waals surface area (Å²) in [6.45, 7) is 4.20. The van der Waals surface area contributed by atoms with Crippen molar-refractivity contribution in [2.75, 3.05) is 43.4 Å². The van der Waals surface area contributed by atoms with Crippen LogP contribution >= 0.6 is 11.6 Å². The minimum absolute atomic E-state index is 0.130. The number of aliphatic hydroxyl groups excluding tert-OH is 1. The number of benzene rings is 1. The lowest BCUT2D eigenvalue weighted by molar-refractivity contribution is 0.211. The molecule has 1 aliphatic heterocycles. The number of aromatic nitrogens is 2. The average Bonchev–Trinajstić information content (AvgIpc) is 2.82. The molecule has 5 N–H and O–H groups in total. The van der Waals surface area contributed by atoms with Gasteiger partial charge in [0.25, 0.3) is 0 Å². The highest BCUT2D eigenvalue weighted by atomic mass is 35.5. The number of hydrogen-bond acceptors (Lipinski definition) is 9. The normalized spacial score (nSPS) is 15.2. The zero-order valence-electron chi connectivity index (χ0n) is 18.5. The van der Waals surface area contributed by atoms with Crippen LogP contribution in [0.3, 0.4) is 0 Å². The maximum atomic E-state index is 8.87. The van der Waals surface area contributed by atoms with Gasteiger partial charge in [-0.25, -0.2) is 4.98 Å². The molecule has 11 heteroatoms. The molecule has 0 radical (unpaired) electrons. The maximum absolute atomic E-state index is 8.87. The van der Waals surface area contributed by atoms with E-state index in [1.165, 1.54) is 5.56 Å². The van der Waals surface area contributed by atoms with Gasteiger partial charge in [0, 0.05) is 51.1 Å². The summed E-state index contributed by atoms with van der Waals surface area (Å²) in [4.78, 5) is 11.3. The Morgan fingerprint density at radius 3 is 2.76 bits per heavy atom. The van der Waals surface area contributed by atoms with Gasteiger partial charge in [-0.05, 0) is 24.8 Å². The van der Waals surface area contributed by atoms with Crippen LogP contribution in [-0.2, 0) is 19.0 Å². The van der Waals surface area contributed by atoms with E-state index in [0.29, 0.717) is 48.2 Å². The first kappa shape index (κ1) is 25.1. The van der Waals surface area contributed by atoms with Crippen molar-refractivity contribution in [3.05, 3.63) is 59.0 Å². The summed E-state index contributed by atoms with van der Waals surface area (Å²) in [5.74, 6) is 1.12. The summed E-state index contributed by atoms with van der Waals surface area (Å²) in [6, 6.07) is 12.6. The molecule has 33 heavy (non-hydrogen) atoms. The summed E-state index contributed by atoms with van der Waals surface area (Å²) >= 11 is 10.9. The van der Waals surface area contributed by atoms with Gasteiger partial charge < -0.3 is 21.1 Å². The number of likely N-dealkylation sites (tertiary alicyclic amines) is 1. The number of piperidine rings is 1. The quantitative estimate of drug-likeness (QED) is 0.164. The Morgan fingerprint density at radius 2 is 2.03 bits per heavy atom. The fourth-order valence-corrected chi connectivity index (χ4v) is 3.89. The molecule has 0 atom stereocenters. The Kier molecular flexibility index (Phi) is 10.6. The monoisotopic (exact) mass is 490 g/mol. The van der Waals surface area contributed by atoms with Gasteiger partial charge in [0.05, 0.1) is 24.7 Å². The third kappa shape index (κ3) is 9.09. The molecule has 2 aromatic rings. The summed E-state index contributed by atoms with van der Waals surface area (Å²) in [6.07, 6.45) is 4.48. The smallest absolute Gasteiger partial charge is 0.226 e. The van der Waals surface area contributed by atoms with Crippen LogP contribution in [0.15, 0.2) is 52.8 Å². The van der Waals surface area contributed by atoms with Gasteiger partial charge in [-0.3, -0.25) is 10.3 Å². The molecule has 0 bridgehead atoms. The molecule has 1 aromatic heterocycles. The number of hydrogen-bond donors (Lipinski definition) is 5. The average molecular weight is 491 g/mol. The predicted molar refractivity (Wildman–Crippen MR) is 135 cm³/mol. The van der Waals surface area contributed by atoms with Gasteiger partial charge in [0.1, 0.15) is 11.0 Å². The number of rotatable bonds is 13. The molecule has 0 saturated carbocycles. The first-order valence-corrected chi connectivity index (χ1v) is 11.8. The Labute approximate surface area is 205 Å². The number of aliphatic hydroxyl groups is 1. The second kappa shape index (κ2) is 13.9. The van der Waals surface area contributed by atoms with Crippen molar-refractivity contribution in [3.63, 3.8) is 0 Å². The minimum Gasteiger partial charge on any atom is -0.396 e. The van der Waals surface area contributed by atoms with E-state index in [1.807, 2.05) is 6.07 Å². The maximum Gasteiger partial charge on any atom is 0.226 e. The molecule has 3 rings (SSSR count). The molecule has 0 amide bonds. The lowest BCUT2D eigenvalue weighted by Gasteiger charge is -2.32. The molecule has 0 spiro atoms. The zero-order chi connectivity index (χ0) is 23.3. The Balaban J connectivity index is 1.50. The Morgan fingerprint density at radius 1 is 1.24 bits per heavy atom. The standard InChI is InChI=1S/C22H31ClN8OS/c23-20-13-21(26-18-7-10-31(11-8-18)16-17-5-2-1-3-6-17)28-22(27-20)25-15-19(29-30-33)14-24-9-4-12-32/h1-3,5-6,13-14,18,24,32H,4,7-12,15-16H2,(H,29,33)(H2,25,26,27,28)/b19-14-. The predicted octanol–water partition coefficient (Wildman–Crippen LogP) is 2.67. The van der Waals surface area contributed by atoms with Crippen molar-refractivity contribution in [2.45, 2.75) is 31.8 Å². The lowest BCUT2D eigenvalue weighted by atomic mass is 10.0. The molecular weight excluding hydrogens is 460 g/mol. The molecule has 2 heterocycles. The molecule has 1 aliphatic rings. The highest BCUT2D eigenvalue weighted by Crippen LogP contribution is 2.20. The lowest BCUT2D eigenvalue weighted by Crippen LogP contribution is -2.38. The van der Waals surface area contributed by atoms with Crippen molar-refractivity contribution in [1.82, 2.24) is 25.6 Å².